The zero-order valence-corrected chi connectivity index (χ0v) is 7.55. The van der Waals surface area contributed by atoms with Crippen molar-refractivity contribution in [3.63, 3.8) is 0 Å². The summed E-state index contributed by atoms with van der Waals surface area (Å²) in [6.45, 7) is 0. The molecular formula is C7H7BrN2O. The van der Waals surface area contributed by atoms with E-state index in [0.29, 0.717) is 5.56 Å². The number of rotatable bonds is 1. The molecule has 1 N–H and O–H groups in total. The van der Waals surface area contributed by atoms with E-state index in [1.807, 2.05) is 0 Å². The summed E-state index contributed by atoms with van der Waals surface area (Å²) >= 11 is 3.23. The second-order valence-corrected chi connectivity index (χ2v) is 3.02. The summed E-state index contributed by atoms with van der Waals surface area (Å²) in [4.78, 5) is 11.0. The van der Waals surface area contributed by atoms with Crippen molar-refractivity contribution in [3.8, 4) is 0 Å². The van der Waals surface area contributed by atoms with Crippen LogP contribution in [0.1, 0.15) is 5.56 Å². The summed E-state index contributed by atoms with van der Waals surface area (Å²) < 4.78 is 2.21. The van der Waals surface area contributed by atoms with Gasteiger partial charge >= 0.3 is 0 Å². The minimum absolute atomic E-state index is 0.105. The molecule has 0 saturated carbocycles. The van der Waals surface area contributed by atoms with Crippen molar-refractivity contribution in [2.45, 2.75) is 0 Å². The van der Waals surface area contributed by atoms with E-state index in [0.717, 1.165) is 10.7 Å². The van der Waals surface area contributed by atoms with Crippen molar-refractivity contribution in [1.29, 1.82) is 5.41 Å². The van der Waals surface area contributed by atoms with Gasteiger partial charge in [0, 0.05) is 35.6 Å². The molecule has 0 spiro atoms. The van der Waals surface area contributed by atoms with Crippen molar-refractivity contribution in [3.05, 3.63) is 32.7 Å². The van der Waals surface area contributed by atoms with Gasteiger partial charge in [0.2, 0.25) is 0 Å². The van der Waals surface area contributed by atoms with Crippen molar-refractivity contribution in [1.82, 2.24) is 4.57 Å². The molecule has 0 unspecified atom stereocenters. The SMILES string of the molecule is Cn1cc(Br)c(C=N)cc1=O. The highest BCUT2D eigenvalue weighted by Gasteiger charge is 1.98. The lowest BCUT2D eigenvalue weighted by molar-refractivity contribution is 0.854. The molecule has 0 amide bonds. The lowest BCUT2D eigenvalue weighted by atomic mass is 10.3. The number of halogens is 1. The van der Waals surface area contributed by atoms with Crippen LogP contribution in [0.5, 0.6) is 0 Å². The molecule has 0 aliphatic rings. The first-order valence-corrected chi connectivity index (χ1v) is 3.81. The van der Waals surface area contributed by atoms with Gasteiger partial charge < -0.3 is 9.98 Å². The lowest BCUT2D eigenvalue weighted by Crippen LogP contribution is -2.15. The van der Waals surface area contributed by atoms with Gasteiger partial charge in [0.1, 0.15) is 0 Å². The first kappa shape index (κ1) is 8.20. The maximum Gasteiger partial charge on any atom is 0.250 e. The van der Waals surface area contributed by atoms with Crippen molar-refractivity contribution in [2.75, 3.05) is 0 Å². The van der Waals surface area contributed by atoms with Crippen LogP contribution in [0.2, 0.25) is 0 Å². The van der Waals surface area contributed by atoms with Crippen LogP contribution in [-0.2, 0) is 7.05 Å². The Hall–Kier alpha value is -0.900. The molecule has 0 bridgehead atoms. The maximum atomic E-state index is 11.0. The lowest BCUT2D eigenvalue weighted by Gasteiger charge is -1.99. The predicted octanol–water partition coefficient (Wildman–Crippen LogP) is 1.15. The van der Waals surface area contributed by atoms with Crippen LogP contribution in [0.4, 0.5) is 0 Å². The van der Waals surface area contributed by atoms with Gasteiger partial charge in [0.25, 0.3) is 5.56 Å². The highest BCUT2D eigenvalue weighted by Crippen LogP contribution is 2.10. The Kier molecular flexibility index (Phi) is 2.24. The molecular weight excluding hydrogens is 208 g/mol. The molecule has 1 rings (SSSR count). The van der Waals surface area contributed by atoms with Gasteiger partial charge in [-0.3, -0.25) is 4.79 Å². The Morgan fingerprint density at radius 1 is 1.73 bits per heavy atom. The molecule has 0 aliphatic heterocycles. The number of hydrogen-bond acceptors (Lipinski definition) is 2. The number of aromatic nitrogens is 1. The molecule has 58 valence electrons. The highest BCUT2D eigenvalue weighted by molar-refractivity contribution is 9.10. The van der Waals surface area contributed by atoms with Crippen LogP contribution < -0.4 is 5.56 Å². The van der Waals surface area contributed by atoms with E-state index < -0.39 is 0 Å². The Balaban J connectivity index is 3.44. The number of nitrogens with one attached hydrogen (secondary N) is 1. The number of nitrogens with zero attached hydrogens (tertiary/aromatic N) is 1. The Bertz CT molecular complexity index is 343. The Morgan fingerprint density at radius 3 is 2.91 bits per heavy atom. The van der Waals surface area contributed by atoms with E-state index in [1.54, 1.807) is 13.2 Å². The molecule has 0 fully saturated rings. The minimum atomic E-state index is -0.105. The third-order valence-corrected chi connectivity index (χ3v) is 2.03. The Labute approximate surface area is 72.3 Å². The van der Waals surface area contributed by atoms with E-state index in [1.165, 1.54) is 10.6 Å². The Morgan fingerprint density at radius 2 is 2.36 bits per heavy atom. The topological polar surface area (TPSA) is 45.9 Å². The normalized spacial score (nSPS) is 9.64. The van der Waals surface area contributed by atoms with Crippen molar-refractivity contribution < 1.29 is 0 Å². The van der Waals surface area contributed by atoms with Gasteiger partial charge in [0.05, 0.1) is 0 Å². The van der Waals surface area contributed by atoms with Crippen LogP contribution in [0, 0.1) is 5.41 Å². The van der Waals surface area contributed by atoms with Crippen LogP contribution in [0.25, 0.3) is 0 Å². The molecule has 1 aromatic rings. The van der Waals surface area contributed by atoms with E-state index in [4.69, 9.17) is 5.41 Å². The number of hydrogen-bond donors (Lipinski definition) is 1. The average Bonchev–Trinajstić information content (AvgIpc) is 1.97. The average molecular weight is 215 g/mol. The molecule has 0 aromatic carbocycles. The second-order valence-electron chi connectivity index (χ2n) is 2.17. The van der Waals surface area contributed by atoms with Gasteiger partial charge in [-0.15, -0.1) is 0 Å². The molecule has 0 radical (unpaired) electrons. The zero-order chi connectivity index (χ0) is 8.43. The third-order valence-electron chi connectivity index (χ3n) is 1.36. The van der Waals surface area contributed by atoms with Gasteiger partial charge in [-0.2, -0.15) is 0 Å². The van der Waals surface area contributed by atoms with E-state index in [-0.39, 0.29) is 5.56 Å². The molecule has 1 heterocycles. The predicted molar refractivity (Wildman–Crippen MR) is 47.3 cm³/mol. The standard InChI is InChI=1S/C7H7BrN2O/c1-10-4-6(8)5(3-9)2-7(10)11/h2-4,9H,1H3. The van der Waals surface area contributed by atoms with Crippen LogP contribution >= 0.6 is 15.9 Å². The van der Waals surface area contributed by atoms with Gasteiger partial charge in [-0.1, -0.05) is 0 Å². The second kappa shape index (κ2) is 3.00. The summed E-state index contributed by atoms with van der Waals surface area (Å²) in [6.07, 6.45) is 2.79. The maximum absolute atomic E-state index is 11.0. The summed E-state index contributed by atoms with van der Waals surface area (Å²) in [7, 11) is 1.67. The number of aryl methyl sites for hydroxylation is 1. The first-order valence-electron chi connectivity index (χ1n) is 3.02. The monoisotopic (exact) mass is 214 g/mol. The highest BCUT2D eigenvalue weighted by atomic mass is 79.9. The van der Waals surface area contributed by atoms with E-state index in [9.17, 15) is 4.79 Å². The number of pyridine rings is 1. The summed E-state index contributed by atoms with van der Waals surface area (Å²) in [6, 6.07) is 1.41. The molecule has 4 heteroatoms. The third kappa shape index (κ3) is 1.57. The minimum Gasteiger partial charge on any atom is -0.317 e. The fourth-order valence-electron chi connectivity index (χ4n) is 0.723. The molecule has 0 atom stereocenters. The van der Waals surface area contributed by atoms with Crippen molar-refractivity contribution >= 4 is 22.1 Å². The van der Waals surface area contributed by atoms with Crippen molar-refractivity contribution in [2.24, 2.45) is 7.05 Å². The first-order chi connectivity index (χ1) is 5.15. The zero-order valence-electron chi connectivity index (χ0n) is 5.97. The van der Waals surface area contributed by atoms with Crippen LogP contribution in [0.15, 0.2) is 21.5 Å². The van der Waals surface area contributed by atoms with Gasteiger partial charge in [0.15, 0.2) is 0 Å². The van der Waals surface area contributed by atoms with Gasteiger partial charge in [-0.05, 0) is 15.9 Å². The summed E-state index contributed by atoms with van der Waals surface area (Å²) in [5.41, 5.74) is 0.500. The van der Waals surface area contributed by atoms with Gasteiger partial charge in [-0.25, -0.2) is 0 Å². The fraction of sp³-hybridized carbons (Fsp3) is 0.143. The van der Waals surface area contributed by atoms with Crippen LogP contribution in [-0.4, -0.2) is 10.8 Å². The summed E-state index contributed by atoms with van der Waals surface area (Å²) in [5.74, 6) is 0. The van der Waals surface area contributed by atoms with E-state index in [2.05, 4.69) is 15.9 Å². The smallest absolute Gasteiger partial charge is 0.250 e. The molecule has 3 nitrogen and oxygen atoms in total. The molecule has 11 heavy (non-hydrogen) atoms. The quantitative estimate of drug-likeness (QED) is 0.701. The fourth-order valence-corrected chi connectivity index (χ4v) is 1.26. The molecule has 0 saturated heterocycles. The molecule has 1 aromatic heterocycles. The summed E-state index contributed by atoms with van der Waals surface area (Å²) in [5, 5.41) is 6.95. The largest absolute Gasteiger partial charge is 0.317 e. The molecule has 0 aliphatic carbocycles. The van der Waals surface area contributed by atoms with Crippen LogP contribution in [0.3, 0.4) is 0 Å². The van der Waals surface area contributed by atoms with E-state index >= 15 is 0 Å².